The van der Waals surface area contributed by atoms with Crippen molar-refractivity contribution in [2.45, 2.75) is 5.92 Å². The Morgan fingerprint density at radius 3 is 1.78 bits per heavy atom. The van der Waals surface area contributed by atoms with Gasteiger partial charge in [-0.15, -0.1) is 0 Å². The number of amides is 3. The number of hydrogen-bond acceptors (Lipinski definition) is 7. The number of carbonyl (C=O) groups is 3. The second-order valence-corrected chi connectivity index (χ2v) is 8.85. The Morgan fingerprint density at radius 2 is 1.22 bits per heavy atom. The first-order chi connectivity index (χ1) is 19.8. The Balaban J connectivity index is 1.63. The van der Waals surface area contributed by atoms with Gasteiger partial charge in [0.1, 0.15) is 5.92 Å². The number of para-hydroxylation sites is 3. The molecule has 1 atom stereocenters. The van der Waals surface area contributed by atoms with Crippen LogP contribution in [-0.2, 0) is 9.59 Å². The topological polar surface area (TPSA) is 141 Å². The molecule has 0 aliphatic rings. The number of carbonyl (C=O) groups excluding carboxylic acids is 3. The third-order valence-corrected chi connectivity index (χ3v) is 6.21. The standard InChI is InChI=1S/C31H30N4O6/c1-39-25-17-22(18-26(40-2)28(25)41-3)34-31(38)27(30(37)33-21-9-5-4-6-10-21)19-13-15-20(16-14-19)29(36)35-24-12-8-7-11-23(24)32/h4-18,27H,32H2,1-3H3,(H,33,37)(H,34,38)(H,35,36). The Morgan fingerprint density at radius 1 is 0.659 bits per heavy atom. The molecule has 4 aromatic carbocycles. The van der Waals surface area contributed by atoms with E-state index in [9.17, 15) is 14.4 Å². The van der Waals surface area contributed by atoms with Crippen LogP contribution in [-0.4, -0.2) is 39.1 Å². The number of hydrogen-bond donors (Lipinski definition) is 4. The Labute approximate surface area is 237 Å². The molecule has 0 saturated carbocycles. The summed E-state index contributed by atoms with van der Waals surface area (Å²) in [7, 11) is 4.40. The molecule has 41 heavy (non-hydrogen) atoms. The van der Waals surface area contributed by atoms with Crippen molar-refractivity contribution in [2.75, 3.05) is 43.0 Å². The fraction of sp³-hybridized carbons (Fsp3) is 0.129. The summed E-state index contributed by atoms with van der Waals surface area (Å²) in [6, 6.07) is 25.0. The molecule has 10 nitrogen and oxygen atoms in total. The summed E-state index contributed by atoms with van der Waals surface area (Å²) in [6.07, 6.45) is 0. The summed E-state index contributed by atoms with van der Waals surface area (Å²) in [5.74, 6) is -1.80. The largest absolute Gasteiger partial charge is 0.493 e. The van der Waals surface area contributed by atoms with Crippen molar-refractivity contribution in [2.24, 2.45) is 0 Å². The molecule has 0 aliphatic heterocycles. The molecule has 210 valence electrons. The molecule has 0 bridgehead atoms. The maximum absolute atomic E-state index is 13.6. The summed E-state index contributed by atoms with van der Waals surface area (Å²) >= 11 is 0. The fourth-order valence-corrected chi connectivity index (χ4v) is 4.16. The molecule has 1 unspecified atom stereocenters. The molecule has 5 N–H and O–H groups in total. The summed E-state index contributed by atoms with van der Waals surface area (Å²) < 4.78 is 16.1. The van der Waals surface area contributed by atoms with E-state index in [1.165, 1.54) is 21.3 Å². The predicted octanol–water partition coefficient (Wildman–Crippen LogP) is 4.91. The molecule has 0 heterocycles. The summed E-state index contributed by atoms with van der Waals surface area (Å²) in [6.45, 7) is 0. The molecule has 0 saturated heterocycles. The fourth-order valence-electron chi connectivity index (χ4n) is 4.16. The number of nitrogens with two attached hydrogens (primary N) is 1. The summed E-state index contributed by atoms with van der Waals surface area (Å²) in [4.78, 5) is 39.9. The van der Waals surface area contributed by atoms with Gasteiger partial charge >= 0.3 is 0 Å². The lowest BCUT2D eigenvalue weighted by Crippen LogP contribution is -2.32. The van der Waals surface area contributed by atoms with Crippen LogP contribution < -0.4 is 35.9 Å². The molecule has 0 aromatic heterocycles. The number of anilines is 4. The average molecular weight is 555 g/mol. The minimum atomic E-state index is -1.27. The average Bonchev–Trinajstić information content (AvgIpc) is 2.98. The van der Waals surface area contributed by atoms with Gasteiger partial charge in [-0.1, -0.05) is 42.5 Å². The highest BCUT2D eigenvalue weighted by atomic mass is 16.5. The zero-order valence-electron chi connectivity index (χ0n) is 22.8. The van der Waals surface area contributed by atoms with E-state index in [0.717, 1.165) is 0 Å². The molecular formula is C31H30N4O6. The summed E-state index contributed by atoms with van der Waals surface area (Å²) in [5.41, 5.74) is 8.39. The number of ether oxygens (including phenoxy) is 3. The van der Waals surface area contributed by atoms with E-state index in [1.807, 2.05) is 6.07 Å². The van der Waals surface area contributed by atoms with Gasteiger partial charge in [0.2, 0.25) is 17.6 Å². The first-order valence-corrected chi connectivity index (χ1v) is 12.6. The van der Waals surface area contributed by atoms with Crippen molar-refractivity contribution in [3.05, 3.63) is 102 Å². The molecule has 4 rings (SSSR count). The number of nitrogen functional groups attached to an aromatic ring is 1. The van der Waals surface area contributed by atoms with E-state index in [4.69, 9.17) is 19.9 Å². The second kappa shape index (κ2) is 13.0. The van der Waals surface area contributed by atoms with Gasteiger partial charge in [0.05, 0.1) is 32.7 Å². The molecule has 10 heteroatoms. The lowest BCUT2D eigenvalue weighted by atomic mass is 9.95. The van der Waals surface area contributed by atoms with Crippen molar-refractivity contribution < 1.29 is 28.6 Å². The Kier molecular flexibility index (Phi) is 9.06. The number of nitrogens with one attached hydrogen (secondary N) is 3. The van der Waals surface area contributed by atoms with Crippen LogP contribution in [0.1, 0.15) is 21.8 Å². The maximum Gasteiger partial charge on any atom is 0.255 e. The molecule has 0 spiro atoms. The summed E-state index contributed by atoms with van der Waals surface area (Å²) in [5, 5.41) is 8.32. The second-order valence-electron chi connectivity index (χ2n) is 8.85. The third kappa shape index (κ3) is 6.74. The van der Waals surface area contributed by atoms with Gasteiger partial charge in [-0.25, -0.2) is 0 Å². The zero-order valence-corrected chi connectivity index (χ0v) is 22.8. The van der Waals surface area contributed by atoms with E-state index in [2.05, 4.69) is 16.0 Å². The first kappa shape index (κ1) is 28.5. The van der Waals surface area contributed by atoms with Crippen LogP contribution in [0.15, 0.2) is 91.0 Å². The van der Waals surface area contributed by atoms with E-state index >= 15 is 0 Å². The van der Waals surface area contributed by atoms with Crippen molar-refractivity contribution in [1.29, 1.82) is 0 Å². The van der Waals surface area contributed by atoms with Crippen molar-refractivity contribution in [3.8, 4) is 17.2 Å². The van der Waals surface area contributed by atoms with Gasteiger partial charge in [-0.2, -0.15) is 0 Å². The minimum absolute atomic E-state index is 0.323. The van der Waals surface area contributed by atoms with Crippen LogP contribution in [0.3, 0.4) is 0 Å². The van der Waals surface area contributed by atoms with Gasteiger partial charge < -0.3 is 35.9 Å². The van der Waals surface area contributed by atoms with Crippen LogP contribution in [0.4, 0.5) is 22.7 Å². The smallest absolute Gasteiger partial charge is 0.255 e. The van der Waals surface area contributed by atoms with E-state index < -0.39 is 17.7 Å². The van der Waals surface area contributed by atoms with E-state index in [-0.39, 0.29) is 5.91 Å². The van der Waals surface area contributed by atoms with Crippen LogP contribution in [0.25, 0.3) is 0 Å². The monoisotopic (exact) mass is 554 g/mol. The van der Waals surface area contributed by atoms with Crippen LogP contribution in [0.2, 0.25) is 0 Å². The Hall–Kier alpha value is -5.51. The molecule has 3 amide bonds. The van der Waals surface area contributed by atoms with Gasteiger partial charge in [-0.05, 0) is 42.0 Å². The van der Waals surface area contributed by atoms with Crippen molar-refractivity contribution >= 4 is 40.5 Å². The van der Waals surface area contributed by atoms with Crippen molar-refractivity contribution in [3.63, 3.8) is 0 Å². The quantitative estimate of drug-likeness (QED) is 0.161. The highest BCUT2D eigenvalue weighted by Gasteiger charge is 2.30. The number of methoxy groups -OCH3 is 3. The van der Waals surface area contributed by atoms with Gasteiger partial charge in [-0.3, -0.25) is 14.4 Å². The zero-order chi connectivity index (χ0) is 29.4. The lowest BCUT2D eigenvalue weighted by molar-refractivity contribution is -0.125. The molecule has 0 aliphatic carbocycles. The van der Waals surface area contributed by atoms with Crippen molar-refractivity contribution in [1.82, 2.24) is 0 Å². The van der Waals surface area contributed by atoms with E-state index in [1.54, 1.807) is 84.9 Å². The third-order valence-electron chi connectivity index (χ3n) is 6.21. The Bertz CT molecular complexity index is 1520. The normalized spacial score (nSPS) is 11.1. The highest BCUT2D eigenvalue weighted by Crippen LogP contribution is 2.40. The van der Waals surface area contributed by atoms with Crippen LogP contribution >= 0.6 is 0 Å². The van der Waals surface area contributed by atoms with Crippen LogP contribution in [0, 0.1) is 0 Å². The van der Waals surface area contributed by atoms with Crippen LogP contribution in [0.5, 0.6) is 17.2 Å². The van der Waals surface area contributed by atoms with Gasteiger partial charge in [0.25, 0.3) is 5.91 Å². The van der Waals surface area contributed by atoms with Gasteiger partial charge in [0, 0.05) is 29.1 Å². The molecular weight excluding hydrogens is 524 g/mol. The molecule has 0 radical (unpaired) electrons. The maximum atomic E-state index is 13.6. The highest BCUT2D eigenvalue weighted by molar-refractivity contribution is 6.15. The lowest BCUT2D eigenvalue weighted by Gasteiger charge is -2.19. The predicted molar refractivity (Wildman–Crippen MR) is 158 cm³/mol. The minimum Gasteiger partial charge on any atom is -0.493 e. The van der Waals surface area contributed by atoms with E-state index in [0.29, 0.717) is 51.1 Å². The first-order valence-electron chi connectivity index (χ1n) is 12.6. The SMILES string of the molecule is COc1cc(NC(=O)C(C(=O)Nc2ccccc2)c2ccc(C(=O)Nc3ccccc3N)cc2)cc(OC)c1OC. The number of rotatable bonds is 10. The van der Waals surface area contributed by atoms with Gasteiger partial charge in [0.15, 0.2) is 11.5 Å². The number of benzene rings is 4. The molecule has 4 aromatic rings. The molecule has 0 fully saturated rings.